The molecule has 0 bridgehead atoms. The molecule has 3 nitrogen and oxygen atoms in total. The van der Waals surface area contributed by atoms with Gasteiger partial charge in [-0.15, -0.1) is 0 Å². The molecule has 168 valence electrons. The average molecular weight is 430 g/mol. The van der Waals surface area contributed by atoms with Crippen LogP contribution >= 0.6 is 0 Å². The van der Waals surface area contributed by atoms with Gasteiger partial charge in [-0.1, -0.05) is 60.6 Å². The second kappa shape index (κ2) is 8.18. The van der Waals surface area contributed by atoms with Crippen LogP contribution in [0.1, 0.15) is 114 Å². The average Bonchev–Trinajstić information content (AvgIpc) is 3.11. The van der Waals surface area contributed by atoms with Crippen molar-refractivity contribution in [2.24, 2.45) is 5.41 Å². The molecule has 0 spiro atoms. The van der Waals surface area contributed by atoms with Gasteiger partial charge in [-0.25, -0.2) is 0 Å². The summed E-state index contributed by atoms with van der Waals surface area (Å²) in [5.74, 6) is 0.666. The highest BCUT2D eigenvalue weighted by Gasteiger charge is 2.44. The molecule has 4 heteroatoms. The van der Waals surface area contributed by atoms with E-state index >= 15 is 0 Å². The van der Waals surface area contributed by atoms with Crippen molar-refractivity contribution in [2.75, 3.05) is 0 Å². The second-order valence-electron chi connectivity index (χ2n) is 12.1. The van der Waals surface area contributed by atoms with Crippen LogP contribution < -0.4 is 0 Å². The smallest absolute Gasteiger partial charge is 0.192 e. The molecule has 0 aliphatic heterocycles. The summed E-state index contributed by atoms with van der Waals surface area (Å²) >= 11 is 0. The first-order valence-electron chi connectivity index (χ1n) is 11.8. The van der Waals surface area contributed by atoms with Crippen molar-refractivity contribution in [2.45, 2.75) is 117 Å². The fourth-order valence-electron chi connectivity index (χ4n) is 4.93. The number of hydrogen-bond acceptors (Lipinski definition) is 3. The first-order valence-corrected chi connectivity index (χ1v) is 14.7. The molecule has 2 atom stereocenters. The third-order valence-corrected chi connectivity index (χ3v) is 12.0. The molecule has 2 unspecified atom stereocenters. The van der Waals surface area contributed by atoms with E-state index < -0.39 is 8.32 Å². The van der Waals surface area contributed by atoms with Gasteiger partial charge in [0.2, 0.25) is 0 Å². The van der Waals surface area contributed by atoms with Gasteiger partial charge in [-0.05, 0) is 60.7 Å². The molecule has 1 aromatic heterocycles. The van der Waals surface area contributed by atoms with Crippen molar-refractivity contribution in [3.8, 4) is 0 Å². The van der Waals surface area contributed by atoms with Gasteiger partial charge in [-0.3, -0.25) is 4.98 Å². The molecule has 30 heavy (non-hydrogen) atoms. The lowest BCUT2D eigenvalue weighted by molar-refractivity contribution is 0.104. The fourth-order valence-corrected chi connectivity index (χ4v) is 6.19. The summed E-state index contributed by atoms with van der Waals surface area (Å²) in [6.45, 7) is 20.8. The standard InChI is InChI=1S/C26H43NO2Si/c1-17(2)24-19(16-28)22(18-12-10-11-13-18)23-20(27-24)14-26(6,7)15-21(23)29-30(8,9)25(3,4)5/h10,12,17-18,21,28H,11,13-16H2,1-9H3. The third-order valence-electron chi connectivity index (χ3n) is 7.53. The predicted molar refractivity (Wildman–Crippen MR) is 128 cm³/mol. The Balaban J connectivity index is 2.25. The highest BCUT2D eigenvalue weighted by Crippen LogP contribution is 2.51. The fraction of sp³-hybridized carbons (Fsp3) is 0.731. The Labute approximate surface area is 185 Å². The van der Waals surface area contributed by atoms with Gasteiger partial charge in [0, 0.05) is 28.4 Å². The zero-order chi connectivity index (χ0) is 22.5. The van der Waals surface area contributed by atoms with Crippen molar-refractivity contribution >= 4 is 8.32 Å². The van der Waals surface area contributed by atoms with E-state index in [4.69, 9.17) is 9.41 Å². The number of rotatable bonds is 5. The lowest BCUT2D eigenvalue weighted by Gasteiger charge is -2.45. The van der Waals surface area contributed by atoms with Crippen molar-refractivity contribution in [3.05, 3.63) is 40.2 Å². The predicted octanol–water partition coefficient (Wildman–Crippen LogP) is 7.17. The highest BCUT2D eigenvalue weighted by atomic mass is 28.4. The lowest BCUT2D eigenvalue weighted by Crippen LogP contribution is -2.44. The van der Waals surface area contributed by atoms with E-state index in [1.54, 1.807) is 0 Å². The summed E-state index contributed by atoms with van der Waals surface area (Å²) in [7, 11) is -1.96. The molecule has 0 radical (unpaired) electrons. The number of aliphatic hydroxyl groups is 1. The van der Waals surface area contributed by atoms with Crippen molar-refractivity contribution in [1.29, 1.82) is 0 Å². The maximum Gasteiger partial charge on any atom is 0.192 e. The first kappa shape index (κ1) is 23.7. The first-order chi connectivity index (χ1) is 13.8. The van der Waals surface area contributed by atoms with Crippen LogP contribution in [0.4, 0.5) is 0 Å². The SMILES string of the molecule is CC(C)c1nc2c(c(C3C=CCC3)c1CO)C(O[Si](C)(C)C(C)(C)C)CC(C)(C)C2. The number of fused-ring (bicyclic) bond motifs is 1. The normalized spacial score (nSPS) is 23.8. The van der Waals surface area contributed by atoms with E-state index in [0.717, 1.165) is 36.9 Å². The van der Waals surface area contributed by atoms with Gasteiger partial charge in [0.15, 0.2) is 8.32 Å². The zero-order valence-electron chi connectivity index (χ0n) is 20.7. The van der Waals surface area contributed by atoms with E-state index in [-0.39, 0.29) is 23.2 Å². The number of hydrogen-bond donors (Lipinski definition) is 1. The molecule has 0 fully saturated rings. The molecule has 1 heterocycles. The minimum atomic E-state index is -1.96. The summed E-state index contributed by atoms with van der Waals surface area (Å²) in [4.78, 5) is 5.21. The van der Waals surface area contributed by atoms with Crippen LogP contribution in [0, 0.1) is 5.41 Å². The summed E-state index contributed by atoms with van der Waals surface area (Å²) in [5.41, 5.74) is 6.15. The van der Waals surface area contributed by atoms with E-state index in [9.17, 15) is 5.11 Å². The van der Waals surface area contributed by atoms with Crippen LogP contribution in [0.2, 0.25) is 18.1 Å². The maximum absolute atomic E-state index is 10.5. The zero-order valence-corrected chi connectivity index (χ0v) is 21.7. The number of aromatic nitrogens is 1. The third kappa shape index (κ3) is 4.47. The molecule has 3 rings (SSSR count). The summed E-state index contributed by atoms with van der Waals surface area (Å²) in [6, 6.07) is 0. The Morgan fingerprint density at radius 2 is 1.90 bits per heavy atom. The molecular formula is C26H43NO2Si. The van der Waals surface area contributed by atoms with Crippen molar-refractivity contribution in [1.82, 2.24) is 4.98 Å². The monoisotopic (exact) mass is 429 g/mol. The van der Waals surface area contributed by atoms with Gasteiger partial charge in [0.1, 0.15) is 0 Å². The number of pyridine rings is 1. The van der Waals surface area contributed by atoms with Crippen molar-refractivity contribution in [3.63, 3.8) is 0 Å². The van der Waals surface area contributed by atoms with Gasteiger partial charge >= 0.3 is 0 Å². The molecular weight excluding hydrogens is 386 g/mol. The van der Waals surface area contributed by atoms with Crippen LogP contribution in [0.25, 0.3) is 0 Å². The number of aliphatic hydroxyl groups excluding tert-OH is 1. The van der Waals surface area contributed by atoms with Crippen LogP contribution in [-0.4, -0.2) is 18.4 Å². The maximum atomic E-state index is 10.5. The summed E-state index contributed by atoms with van der Waals surface area (Å²) < 4.78 is 7.10. The minimum Gasteiger partial charge on any atom is -0.410 e. The van der Waals surface area contributed by atoms with E-state index in [1.807, 2.05) is 0 Å². The molecule has 0 amide bonds. The Kier molecular flexibility index (Phi) is 6.46. The van der Waals surface area contributed by atoms with Gasteiger partial charge < -0.3 is 9.53 Å². The van der Waals surface area contributed by atoms with Crippen LogP contribution in [0.5, 0.6) is 0 Å². The Hall–Kier alpha value is -0.973. The second-order valence-corrected chi connectivity index (χ2v) is 16.8. The molecule has 1 aromatic rings. The topological polar surface area (TPSA) is 42.4 Å². The van der Waals surface area contributed by atoms with Crippen LogP contribution in [-0.2, 0) is 17.5 Å². The van der Waals surface area contributed by atoms with E-state index in [1.165, 1.54) is 16.8 Å². The van der Waals surface area contributed by atoms with Gasteiger partial charge in [-0.2, -0.15) is 0 Å². The Morgan fingerprint density at radius 3 is 2.40 bits per heavy atom. The molecule has 2 aliphatic carbocycles. The number of nitrogens with zero attached hydrogens (tertiary/aromatic N) is 1. The molecule has 0 saturated heterocycles. The summed E-state index contributed by atoms with van der Waals surface area (Å²) in [6.07, 6.45) is 8.94. The van der Waals surface area contributed by atoms with E-state index in [0.29, 0.717) is 11.8 Å². The van der Waals surface area contributed by atoms with E-state index in [2.05, 4.69) is 73.7 Å². The number of allylic oxidation sites excluding steroid dienone is 2. The quantitative estimate of drug-likeness (QED) is 0.398. The van der Waals surface area contributed by atoms with Crippen molar-refractivity contribution < 1.29 is 9.53 Å². The molecule has 2 aliphatic rings. The Bertz CT molecular complexity index is 817. The summed E-state index contributed by atoms with van der Waals surface area (Å²) in [5, 5.41) is 10.6. The van der Waals surface area contributed by atoms with Gasteiger partial charge in [0.25, 0.3) is 0 Å². The van der Waals surface area contributed by atoms with Gasteiger partial charge in [0.05, 0.1) is 12.7 Å². The lowest BCUT2D eigenvalue weighted by atomic mass is 9.71. The largest absolute Gasteiger partial charge is 0.410 e. The minimum absolute atomic E-state index is 0.0592. The van der Waals surface area contributed by atoms with Crippen LogP contribution in [0.3, 0.4) is 0 Å². The molecule has 0 saturated carbocycles. The Morgan fingerprint density at radius 1 is 1.23 bits per heavy atom. The van der Waals surface area contributed by atoms with Crippen LogP contribution in [0.15, 0.2) is 12.2 Å². The molecule has 0 aromatic carbocycles. The molecule has 1 N–H and O–H groups in total. The highest BCUT2D eigenvalue weighted by molar-refractivity contribution is 6.74.